The first-order chi connectivity index (χ1) is 7.69. The van der Waals surface area contributed by atoms with Crippen molar-refractivity contribution in [3.63, 3.8) is 0 Å². The molecule has 0 aromatic carbocycles. The molecule has 1 unspecified atom stereocenters. The standard InChI is InChI=1S/C9H11ClN4OS/c1-5-4-11-8(16-5)6(2)12-9-14-13-7(3-10)15-9/h4,6H,3H2,1-2H3,(H,12,14). The Morgan fingerprint density at radius 2 is 2.38 bits per heavy atom. The topological polar surface area (TPSA) is 63.8 Å². The lowest BCUT2D eigenvalue weighted by atomic mass is 10.4. The molecule has 0 radical (unpaired) electrons. The Kier molecular flexibility index (Phi) is 3.40. The summed E-state index contributed by atoms with van der Waals surface area (Å²) in [5, 5.41) is 11.6. The summed E-state index contributed by atoms with van der Waals surface area (Å²) in [6, 6.07) is 0.415. The highest BCUT2D eigenvalue weighted by Crippen LogP contribution is 2.22. The largest absolute Gasteiger partial charge is 0.407 e. The molecule has 0 bridgehead atoms. The molecule has 7 heteroatoms. The number of aromatic nitrogens is 3. The second-order valence-electron chi connectivity index (χ2n) is 3.31. The number of anilines is 1. The summed E-state index contributed by atoms with van der Waals surface area (Å²) in [5.74, 6) is 0.631. The zero-order valence-corrected chi connectivity index (χ0v) is 10.5. The molecule has 0 fully saturated rings. The normalized spacial score (nSPS) is 12.7. The molecule has 0 saturated carbocycles. The van der Waals surface area contributed by atoms with E-state index in [2.05, 4.69) is 20.5 Å². The van der Waals surface area contributed by atoms with Crippen LogP contribution < -0.4 is 5.32 Å². The molecule has 0 amide bonds. The van der Waals surface area contributed by atoms with E-state index in [4.69, 9.17) is 16.0 Å². The monoisotopic (exact) mass is 258 g/mol. The zero-order valence-electron chi connectivity index (χ0n) is 8.90. The predicted molar refractivity (Wildman–Crippen MR) is 62.7 cm³/mol. The van der Waals surface area contributed by atoms with Crippen molar-refractivity contribution in [2.45, 2.75) is 25.8 Å². The number of aryl methyl sites for hydroxylation is 1. The number of hydrogen-bond donors (Lipinski definition) is 1. The maximum Gasteiger partial charge on any atom is 0.316 e. The van der Waals surface area contributed by atoms with Crippen molar-refractivity contribution in [3.8, 4) is 0 Å². The number of thiazole rings is 1. The van der Waals surface area contributed by atoms with Gasteiger partial charge < -0.3 is 9.73 Å². The van der Waals surface area contributed by atoms with Crippen LogP contribution in [0.5, 0.6) is 0 Å². The third-order valence-electron chi connectivity index (χ3n) is 1.93. The van der Waals surface area contributed by atoms with Gasteiger partial charge in [0.1, 0.15) is 10.9 Å². The molecular weight excluding hydrogens is 248 g/mol. The van der Waals surface area contributed by atoms with Crippen LogP contribution >= 0.6 is 22.9 Å². The van der Waals surface area contributed by atoms with Gasteiger partial charge in [-0.1, -0.05) is 5.10 Å². The van der Waals surface area contributed by atoms with Crippen molar-refractivity contribution < 1.29 is 4.42 Å². The molecule has 2 aromatic rings. The number of alkyl halides is 1. The van der Waals surface area contributed by atoms with E-state index in [9.17, 15) is 0 Å². The number of nitrogens with one attached hydrogen (secondary N) is 1. The van der Waals surface area contributed by atoms with E-state index in [1.165, 1.54) is 4.88 Å². The Morgan fingerprint density at radius 3 is 2.94 bits per heavy atom. The van der Waals surface area contributed by atoms with Crippen LogP contribution in [-0.2, 0) is 5.88 Å². The molecule has 0 spiro atoms. The Morgan fingerprint density at radius 1 is 1.56 bits per heavy atom. The van der Waals surface area contributed by atoms with Gasteiger partial charge in [0.25, 0.3) is 0 Å². The Labute approximate surface area is 102 Å². The van der Waals surface area contributed by atoms with E-state index in [1.54, 1.807) is 11.3 Å². The zero-order chi connectivity index (χ0) is 11.5. The predicted octanol–water partition coefficient (Wildman–Crippen LogP) is 2.75. The van der Waals surface area contributed by atoms with E-state index < -0.39 is 0 Å². The van der Waals surface area contributed by atoms with Crippen LogP contribution in [0.3, 0.4) is 0 Å². The van der Waals surface area contributed by atoms with Crippen molar-refractivity contribution in [2.24, 2.45) is 0 Å². The minimum Gasteiger partial charge on any atom is -0.407 e. The van der Waals surface area contributed by atoms with Gasteiger partial charge in [0, 0.05) is 11.1 Å². The lowest BCUT2D eigenvalue weighted by Crippen LogP contribution is -2.06. The Hall–Kier alpha value is -1.14. The molecule has 0 aliphatic rings. The summed E-state index contributed by atoms with van der Waals surface area (Å²) in [6.07, 6.45) is 1.84. The molecule has 2 heterocycles. The first kappa shape index (κ1) is 11.3. The van der Waals surface area contributed by atoms with E-state index in [0.29, 0.717) is 11.9 Å². The van der Waals surface area contributed by atoms with Crippen LogP contribution in [-0.4, -0.2) is 15.2 Å². The third kappa shape index (κ3) is 2.51. The second-order valence-corrected chi connectivity index (χ2v) is 4.84. The molecule has 1 N–H and O–H groups in total. The van der Waals surface area contributed by atoms with E-state index in [0.717, 1.165) is 5.01 Å². The minimum atomic E-state index is 0.0438. The molecule has 2 aromatic heterocycles. The lowest BCUT2D eigenvalue weighted by molar-refractivity contribution is 0.520. The van der Waals surface area contributed by atoms with Gasteiger partial charge in [0.2, 0.25) is 5.89 Å². The van der Waals surface area contributed by atoms with Crippen molar-refractivity contribution in [1.29, 1.82) is 0 Å². The van der Waals surface area contributed by atoms with Crippen molar-refractivity contribution in [3.05, 3.63) is 22.0 Å². The summed E-state index contributed by atoms with van der Waals surface area (Å²) < 4.78 is 5.24. The van der Waals surface area contributed by atoms with Gasteiger partial charge in [-0.15, -0.1) is 28.0 Å². The molecule has 5 nitrogen and oxygen atoms in total. The summed E-state index contributed by atoms with van der Waals surface area (Å²) in [6.45, 7) is 4.01. The van der Waals surface area contributed by atoms with Gasteiger partial charge in [-0.2, -0.15) is 0 Å². The van der Waals surface area contributed by atoms with Gasteiger partial charge in [-0.05, 0) is 13.8 Å². The minimum absolute atomic E-state index is 0.0438. The number of halogens is 1. The average Bonchev–Trinajstić information content (AvgIpc) is 2.87. The SMILES string of the molecule is Cc1cnc(C(C)Nc2nnc(CCl)o2)s1. The Bertz CT molecular complexity index is 470. The van der Waals surface area contributed by atoms with Gasteiger partial charge in [0.15, 0.2) is 0 Å². The van der Waals surface area contributed by atoms with Crippen LogP contribution in [0, 0.1) is 6.92 Å². The molecule has 0 aliphatic heterocycles. The third-order valence-corrected chi connectivity index (χ3v) is 3.25. The first-order valence-electron chi connectivity index (χ1n) is 4.76. The molecule has 0 saturated heterocycles. The number of rotatable bonds is 4. The smallest absolute Gasteiger partial charge is 0.316 e. The van der Waals surface area contributed by atoms with Crippen molar-refractivity contribution in [1.82, 2.24) is 15.2 Å². The highest BCUT2D eigenvalue weighted by atomic mass is 35.5. The van der Waals surface area contributed by atoms with Crippen LogP contribution in [0.15, 0.2) is 10.6 Å². The van der Waals surface area contributed by atoms with Crippen molar-refractivity contribution in [2.75, 3.05) is 5.32 Å². The summed E-state index contributed by atoms with van der Waals surface area (Å²) in [4.78, 5) is 5.46. The van der Waals surface area contributed by atoms with E-state index >= 15 is 0 Å². The second kappa shape index (κ2) is 4.80. The number of hydrogen-bond acceptors (Lipinski definition) is 6. The maximum atomic E-state index is 5.56. The summed E-state index contributed by atoms with van der Waals surface area (Å²) >= 11 is 7.20. The van der Waals surface area contributed by atoms with Crippen LogP contribution in [0.4, 0.5) is 6.01 Å². The number of nitrogens with zero attached hydrogens (tertiary/aromatic N) is 3. The molecular formula is C9H11ClN4OS. The van der Waals surface area contributed by atoms with Crippen molar-refractivity contribution >= 4 is 29.0 Å². The average molecular weight is 259 g/mol. The Balaban J connectivity index is 2.04. The van der Waals surface area contributed by atoms with Crippen LogP contribution in [0.2, 0.25) is 0 Å². The summed E-state index contributed by atoms with van der Waals surface area (Å²) in [7, 11) is 0. The quantitative estimate of drug-likeness (QED) is 0.855. The van der Waals surface area contributed by atoms with E-state index in [-0.39, 0.29) is 11.9 Å². The molecule has 16 heavy (non-hydrogen) atoms. The van der Waals surface area contributed by atoms with E-state index in [1.807, 2.05) is 20.0 Å². The molecule has 1 atom stereocenters. The maximum absolute atomic E-state index is 5.56. The lowest BCUT2D eigenvalue weighted by Gasteiger charge is -2.07. The van der Waals surface area contributed by atoms with Crippen LogP contribution in [0.25, 0.3) is 0 Å². The van der Waals surface area contributed by atoms with Gasteiger partial charge in [0.05, 0.1) is 6.04 Å². The highest BCUT2D eigenvalue weighted by molar-refractivity contribution is 7.11. The fourth-order valence-corrected chi connectivity index (χ4v) is 2.07. The fraction of sp³-hybridized carbons (Fsp3) is 0.444. The fourth-order valence-electron chi connectivity index (χ4n) is 1.19. The van der Waals surface area contributed by atoms with Gasteiger partial charge >= 0.3 is 6.01 Å². The molecule has 86 valence electrons. The molecule has 0 aliphatic carbocycles. The summed E-state index contributed by atoms with van der Waals surface area (Å²) in [5.41, 5.74) is 0. The first-order valence-corrected chi connectivity index (χ1v) is 6.11. The van der Waals surface area contributed by atoms with Gasteiger partial charge in [-0.3, -0.25) is 0 Å². The van der Waals surface area contributed by atoms with Gasteiger partial charge in [-0.25, -0.2) is 4.98 Å². The molecule has 2 rings (SSSR count). The highest BCUT2D eigenvalue weighted by Gasteiger charge is 2.12. The van der Waals surface area contributed by atoms with Crippen LogP contribution in [0.1, 0.15) is 28.7 Å².